The minimum atomic E-state index is -1.29. The Morgan fingerprint density at radius 3 is 1.87 bits per heavy atom. The van der Waals surface area contributed by atoms with E-state index in [0.29, 0.717) is 4.90 Å². The summed E-state index contributed by atoms with van der Waals surface area (Å²) in [6, 6.07) is 0. The molecule has 0 fully saturated rings. The number of carboxylic acids is 1. The maximum absolute atomic E-state index is 12.1. The second kappa shape index (κ2) is 7.80. The number of rotatable bonds is 2. The summed E-state index contributed by atoms with van der Waals surface area (Å²) in [6.07, 6.45) is -1.91. The van der Waals surface area contributed by atoms with Gasteiger partial charge in [0.05, 0.1) is 0 Å². The Morgan fingerprint density at radius 2 is 1.52 bits per heavy atom. The molecule has 0 rings (SSSR count). The minimum absolute atomic E-state index is 0.282. The summed E-state index contributed by atoms with van der Waals surface area (Å²) in [5, 5.41) is 11.4. The van der Waals surface area contributed by atoms with Crippen LogP contribution in [0.3, 0.4) is 0 Å². The van der Waals surface area contributed by atoms with E-state index in [2.05, 4.69) is 10.3 Å². The van der Waals surface area contributed by atoms with Crippen molar-refractivity contribution in [3.63, 3.8) is 0 Å². The number of hydrogen-bond donors (Lipinski definition) is 2. The quantitative estimate of drug-likeness (QED) is 0.585. The van der Waals surface area contributed by atoms with Crippen molar-refractivity contribution in [2.24, 2.45) is 4.99 Å². The Morgan fingerprint density at radius 1 is 1.04 bits per heavy atom. The molecule has 0 aromatic carbocycles. The maximum Gasteiger partial charge on any atom is 0.437 e. The van der Waals surface area contributed by atoms with Crippen LogP contribution in [0.2, 0.25) is 0 Å². The fourth-order valence-corrected chi connectivity index (χ4v) is 1.30. The third-order valence-corrected chi connectivity index (χ3v) is 1.98. The van der Waals surface area contributed by atoms with E-state index in [-0.39, 0.29) is 5.96 Å². The lowest BCUT2D eigenvalue weighted by molar-refractivity contribution is -0.137. The van der Waals surface area contributed by atoms with Crippen molar-refractivity contribution >= 4 is 24.1 Å². The molecule has 23 heavy (non-hydrogen) atoms. The Balaban J connectivity index is 5.43. The molecule has 0 saturated heterocycles. The fourth-order valence-electron chi connectivity index (χ4n) is 1.30. The molecule has 9 heteroatoms. The van der Waals surface area contributed by atoms with Gasteiger partial charge in [-0.05, 0) is 41.5 Å². The largest absolute Gasteiger partial charge is 0.480 e. The number of carbonyl (C=O) groups excluding carboxylic acids is 2. The number of hydrogen-bond acceptors (Lipinski definition) is 5. The van der Waals surface area contributed by atoms with Gasteiger partial charge in [-0.15, -0.1) is 4.99 Å². The van der Waals surface area contributed by atoms with Gasteiger partial charge in [-0.25, -0.2) is 14.5 Å². The zero-order valence-corrected chi connectivity index (χ0v) is 14.6. The van der Waals surface area contributed by atoms with E-state index in [1.807, 2.05) is 0 Å². The number of nitrogens with zero attached hydrogens (tertiary/aromatic N) is 2. The van der Waals surface area contributed by atoms with Gasteiger partial charge in [-0.3, -0.25) is 4.79 Å². The highest BCUT2D eigenvalue weighted by Gasteiger charge is 2.28. The van der Waals surface area contributed by atoms with E-state index < -0.39 is 35.9 Å². The molecule has 0 atom stereocenters. The van der Waals surface area contributed by atoms with Gasteiger partial charge in [0.1, 0.15) is 17.7 Å². The Labute approximate surface area is 135 Å². The summed E-state index contributed by atoms with van der Waals surface area (Å²) in [4.78, 5) is 39.1. The van der Waals surface area contributed by atoms with Crippen molar-refractivity contribution in [1.82, 2.24) is 10.2 Å². The van der Waals surface area contributed by atoms with Crippen molar-refractivity contribution in [3.05, 3.63) is 0 Å². The zero-order valence-electron chi connectivity index (χ0n) is 14.6. The molecule has 132 valence electrons. The van der Waals surface area contributed by atoms with Crippen molar-refractivity contribution in [1.29, 1.82) is 0 Å². The molecule has 2 N–H and O–H groups in total. The van der Waals surface area contributed by atoms with Crippen molar-refractivity contribution in [3.8, 4) is 0 Å². The fraction of sp³-hybridized carbons (Fsp3) is 0.714. The summed E-state index contributed by atoms with van der Waals surface area (Å²) in [6.45, 7) is 9.14. The SMILES string of the molecule is CNC(=NC(=O)OC(C)(C)C)N(CC(=O)O)C(=O)OC(C)(C)C. The molecule has 0 aromatic heterocycles. The molecule has 0 spiro atoms. The first-order valence-electron chi connectivity index (χ1n) is 6.97. The number of guanidine groups is 1. The second-order valence-electron chi connectivity index (χ2n) is 6.63. The Hall–Kier alpha value is -2.32. The first kappa shape index (κ1) is 20.7. The van der Waals surface area contributed by atoms with Gasteiger partial charge >= 0.3 is 18.2 Å². The minimum Gasteiger partial charge on any atom is -0.480 e. The Bertz CT molecular complexity index is 488. The summed E-state index contributed by atoms with van der Waals surface area (Å²) in [5.41, 5.74) is -1.61. The molecule has 0 unspecified atom stereocenters. The van der Waals surface area contributed by atoms with Gasteiger partial charge in [-0.2, -0.15) is 0 Å². The molecule has 0 radical (unpaired) electrons. The molecular formula is C14H25N3O6. The molecule has 0 saturated carbocycles. The second-order valence-corrected chi connectivity index (χ2v) is 6.63. The lowest BCUT2D eigenvalue weighted by Crippen LogP contribution is -2.48. The lowest BCUT2D eigenvalue weighted by Gasteiger charge is -2.27. The van der Waals surface area contributed by atoms with Gasteiger partial charge in [0.25, 0.3) is 0 Å². The van der Waals surface area contributed by atoms with Gasteiger partial charge < -0.3 is 19.9 Å². The monoisotopic (exact) mass is 331 g/mol. The average Bonchev–Trinajstić information content (AvgIpc) is 2.28. The van der Waals surface area contributed by atoms with Crippen LogP contribution in [0, 0.1) is 0 Å². The predicted octanol–water partition coefficient (Wildman–Crippen LogP) is 1.82. The summed E-state index contributed by atoms with van der Waals surface area (Å²) >= 11 is 0. The summed E-state index contributed by atoms with van der Waals surface area (Å²) < 4.78 is 10.1. The van der Waals surface area contributed by atoms with E-state index in [0.717, 1.165) is 0 Å². The molecule has 0 aliphatic rings. The van der Waals surface area contributed by atoms with E-state index in [1.54, 1.807) is 41.5 Å². The third kappa shape index (κ3) is 9.33. The van der Waals surface area contributed by atoms with Crippen LogP contribution in [0.5, 0.6) is 0 Å². The average molecular weight is 331 g/mol. The van der Waals surface area contributed by atoms with Crippen LogP contribution in [0.15, 0.2) is 4.99 Å². The van der Waals surface area contributed by atoms with E-state index >= 15 is 0 Å². The van der Waals surface area contributed by atoms with Gasteiger partial charge in [-0.1, -0.05) is 0 Å². The number of ether oxygens (including phenoxy) is 2. The highest BCUT2D eigenvalue weighted by Crippen LogP contribution is 2.11. The van der Waals surface area contributed by atoms with Crippen LogP contribution in [0.25, 0.3) is 0 Å². The van der Waals surface area contributed by atoms with Gasteiger partial charge in [0, 0.05) is 7.05 Å². The maximum atomic E-state index is 12.1. The van der Waals surface area contributed by atoms with Crippen LogP contribution in [-0.4, -0.2) is 58.9 Å². The number of amides is 2. The first-order valence-corrected chi connectivity index (χ1v) is 6.97. The van der Waals surface area contributed by atoms with E-state index in [1.165, 1.54) is 7.05 Å². The predicted molar refractivity (Wildman–Crippen MR) is 83.3 cm³/mol. The smallest absolute Gasteiger partial charge is 0.437 e. The molecule has 2 amide bonds. The molecular weight excluding hydrogens is 306 g/mol. The number of carbonyl (C=O) groups is 3. The van der Waals surface area contributed by atoms with Crippen molar-refractivity contribution in [2.45, 2.75) is 52.7 Å². The number of aliphatic imine (C=N–C) groups is 1. The van der Waals surface area contributed by atoms with E-state index in [9.17, 15) is 14.4 Å². The normalized spacial score (nSPS) is 12.4. The number of aliphatic carboxylic acids is 1. The van der Waals surface area contributed by atoms with Crippen LogP contribution < -0.4 is 5.32 Å². The van der Waals surface area contributed by atoms with Gasteiger partial charge in [0.2, 0.25) is 5.96 Å². The molecule has 0 heterocycles. The van der Waals surface area contributed by atoms with Crippen molar-refractivity contribution in [2.75, 3.05) is 13.6 Å². The number of nitrogens with one attached hydrogen (secondary N) is 1. The van der Waals surface area contributed by atoms with Gasteiger partial charge in [0.15, 0.2) is 0 Å². The topological polar surface area (TPSA) is 118 Å². The molecule has 0 bridgehead atoms. The van der Waals surface area contributed by atoms with Crippen LogP contribution in [-0.2, 0) is 14.3 Å². The Kier molecular flexibility index (Phi) is 7.01. The summed E-state index contributed by atoms with van der Waals surface area (Å²) in [7, 11) is 1.39. The number of carboxylic acid groups (broad SMARTS) is 1. The van der Waals surface area contributed by atoms with Crippen molar-refractivity contribution < 1.29 is 29.0 Å². The van der Waals surface area contributed by atoms with E-state index in [4.69, 9.17) is 14.6 Å². The van der Waals surface area contributed by atoms with Crippen LogP contribution >= 0.6 is 0 Å². The zero-order chi connectivity index (χ0) is 18.4. The molecule has 0 aromatic rings. The lowest BCUT2D eigenvalue weighted by atomic mass is 10.2. The molecule has 9 nitrogen and oxygen atoms in total. The van der Waals surface area contributed by atoms with Crippen LogP contribution in [0.4, 0.5) is 9.59 Å². The molecule has 0 aliphatic heterocycles. The van der Waals surface area contributed by atoms with Crippen LogP contribution in [0.1, 0.15) is 41.5 Å². The standard InChI is InChI=1S/C14H25N3O6/c1-13(2,3)22-11(20)16-10(15-7)17(8-9(18)19)12(21)23-14(4,5)6/h8H2,1-7H3,(H,18,19)(H,15,16,20). The summed E-state index contributed by atoms with van der Waals surface area (Å²) in [5.74, 6) is -1.57. The highest BCUT2D eigenvalue weighted by molar-refractivity contribution is 6.00. The highest BCUT2D eigenvalue weighted by atomic mass is 16.6. The third-order valence-electron chi connectivity index (χ3n) is 1.98. The molecule has 0 aliphatic carbocycles. The first-order chi connectivity index (χ1) is 10.2.